The lowest BCUT2D eigenvalue weighted by Gasteiger charge is -2.23. The van der Waals surface area contributed by atoms with Crippen molar-refractivity contribution in [1.82, 2.24) is 0 Å². The molecule has 1 aliphatic heterocycles. The number of hydrogen-bond acceptors (Lipinski definition) is 5. The number of fused-ring (bicyclic) bond motifs is 3. The van der Waals surface area contributed by atoms with Crippen LogP contribution in [0.4, 0.5) is 0 Å². The molecule has 3 atom stereocenters. The molecule has 1 aromatic carbocycles. The van der Waals surface area contributed by atoms with Crippen LogP contribution in [0.3, 0.4) is 0 Å². The van der Waals surface area contributed by atoms with Gasteiger partial charge in [0.15, 0.2) is 0 Å². The quantitative estimate of drug-likeness (QED) is 0.477. The van der Waals surface area contributed by atoms with Crippen LogP contribution < -0.4 is 0 Å². The maximum atomic E-state index is 10.6. The highest BCUT2D eigenvalue weighted by atomic mass is 32.3. The summed E-state index contributed by atoms with van der Waals surface area (Å²) in [6.45, 7) is 1.59. The van der Waals surface area contributed by atoms with E-state index in [0.717, 1.165) is 12.8 Å². The van der Waals surface area contributed by atoms with Crippen molar-refractivity contribution in [3.63, 3.8) is 0 Å². The fraction of sp³-hybridized carbons (Fsp3) is 0.538. The minimum atomic E-state index is -4.65. The average molecular weight is 283 g/mol. The molecule has 0 N–H and O–H groups in total. The fourth-order valence-electron chi connectivity index (χ4n) is 3.08. The highest BCUT2D eigenvalue weighted by molar-refractivity contribution is 7.80. The molecule has 2 aliphatic rings. The molecule has 5 nitrogen and oxygen atoms in total. The fourth-order valence-corrected chi connectivity index (χ4v) is 3.55. The number of ether oxygens (including phenoxy) is 1. The molecule has 0 aromatic heterocycles. The van der Waals surface area contributed by atoms with Crippen molar-refractivity contribution in [2.24, 2.45) is 0 Å². The van der Waals surface area contributed by atoms with Crippen LogP contribution in [0.25, 0.3) is 0 Å². The Morgan fingerprint density at radius 2 is 2.26 bits per heavy atom. The molecule has 104 valence electrons. The van der Waals surface area contributed by atoms with Crippen molar-refractivity contribution < 1.29 is 21.9 Å². The largest absolute Gasteiger partial charge is 0.726 e. The summed E-state index contributed by atoms with van der Waals surface area (Å²) in [6.07, 6.45) is 1.52. The minimum Gasteiger partial charge on any atom is -0.726 e. The first kappa shape index (κ1) is 13.1. The van der Waals surface area contributed by atoms with E-state index < -0.39 is 16.5 Å². The van der Waals surface area contributed by atoms with Crippen LogP contribution >= 0.6 is 0 Å². The molecule has 0 amide bonds. The van der Waals surface area contributed by atoms with Crippen LogP contribution in [0.15, 0.2) is 24.3 Å². The van der Waals surface area contributed by atoms with Gasteiger partial charge >= 0.3 is 0 Å². The van der Waals surface area contributed by atoms with Gasteiger partial charge in [-0.3, -0.25) is 4.18 Å². The van der Waals surface area contributed by atoms with Crippen molar-refractivity contribution in [2.75, 3.05) is 0 Å². The average Bonchev–Trinajstić information content (AvgIpc) is 3.01. The first-order chi connectivity index (χ1) is 8.90. The van der Waals surface area contributed by atoms with E-state index in [-0.39, 0.29) is 11.7 Å². The van der Waals surface area contributed by atoms with E-state index in [9.17, 15) is 13.0 Å². The Morgan fingerprint density at radius 3 is 3.00 bits per heavy atom. The lowest BCUT2D eigenvalue weighted by atomic mass is 9.81. The van der Waals surface area contributed by atoms with E-state index in [2.05, 4.69) is 10.2 Å². The standard InChI is InChI=1S/C13H16O5S/c1-9(18-19(14,15)16)8-13-7-6-10-4-2-3-5-11(10)12(13)17-13/h2-5,9,12H,6-8H2,1H3,(H,14,15,16)/p-1. The third kappa shape index (κ3) is 2.53. The van der Waals surface area contributed by atoms with Gasteiger partial charge in [-0.1, -0.05) is 24.3 Å². The predicted octanol–water partition coefficient (Wildman–Crippen LogP) is 1.70. The van der Waals surface area contributed by atoms with Gasteiger partial charge in [-0.05, 0) is 30.9 Å². The molecule has 3 rings (SSSR count). The van der Waals surface area contributed by atoms with Crippen LogP contribution in [-0.2, 0) is 25.7 Å². The molecule has 19 heavy (non-hydrogen) atoms. The normalized spacial score (nSPS) is 30.3. The van der Waals surface area contributed by atoms with Crippen molar-refractivity contribution in [3.8, 4) is 0 Å². The molecule has 0 radical (unpaired) electrons. The lowest BCUT2D eigenvalue weighted by Crippen LogP contribution is -2.26. The molecule has 1 aliphatic carbocycles. The van der Waals surface area contributed by atoms with E-state index in [0.29, 0.717) is 6.42 Å². The zero-order valence-corrected chi connectivity index (χ0v) is 11.4. The van der Waals surface area contributed by atoms with Crippen LogP contribution in [-0.4, -0.2) is 24.7 Å². The highest BCUT2D eigenvalue weighted by Gasteiger charge is 2.59. The number of rotatable bonds is 4. The van der Waals surface area contributed by atoms with Crippen molar-refractivity contribution in [2.45, 2.75) is 44.0 Å². The van der Waals surface area contributed by atoms with Gasteiger partial charge in [-0.2, -0.15) is 0 Å². The third-order valence-electron chi connectivity index (χ3n) is 3.84. The van der Waals surface area contributed by atoms with Crippen LogP contribution in [0.1, 0.15) is 37.0 Å². The molecule has 1 saturated heterocycles. The smallest absolute Gasteiger partial charge is 0.217 e. The predicted molar refractivity (Wildman–Crippen MR) is 66.2 cm³/mol. The van der Waals surface area contributed by atoms with Gasteiger partial charge in [-0.15, -0.1) is 0 Å². The summed E-state index contributed by atoms with van der Waals surface area (Å²) in [4.78, 5) is 0. The highest BCUT2D eigenvalue weighted by Crippen LogP contribution is 2.59. The molecular weight excluding hydrogens is 268 g/mol. The molecule has 1 heterocycles. The van der Waals surface area contributed by atoms with Gasteiger partial charge in [0.05, 0.1) is 6.10 Å². The number of aryl methyl sites for hydroxylation is 1. The number of hydrogen-bond donors (Lipinski definition) is 0. The summed E-state index contributed by atoms with van der Waals surface area (Å²) >= 11 is 0. The van der Waals surface area contributed by atoms with Gasteiger partial charge in [0.1, 0.15) is 11.7 Å². The zero-order valence-electron chi connectivity index (χ0n) is 10.5. The third-order valence-corrected chi connectivity index (χ3v) is 4.41. The van der Waals surface area contributed by atoms with Gasteiger partial charge in [-0.25, -0.2) is 8.42 Å². The Morgan fingerprint density at radius 1 is 1.53 bits per heavy atom. The van der Waals surface area contributed by atoms with E-state index in [1.165, 1.54) is 11.1 Å². The Balaban J connectivity index is 1.72. The monoisotopic (exact) mass is 283 g/mol. The van der Waals surface area contributed by atoms with Crippen LogP contribution in [0.2, 0.25) is 0 Å². The van der Waals surface area contributed by atoms with Gasteiger partial charge in [0, 0.05) is 6.42 Å². The van der Waals surface area contributed by atoms with Gasteiger partial charge in [0.2, 0.25) is 10.4 Å². The van der Waals surface area contributed by atoms with E-state index in [4.69, 9.17) is 4.74 Å². The van der Waals surface area contributed by atoms with Crippen LogP contribution in [0.5, 0.6) is 0 Å². The van der Waals surface area contributed by atoms with Crippen LogP contribution in [0, 0.1) is 0 Å². The maximum absolute atomic E-state index is 10.6. The molecule has 3 unspecified atom stereocenters. The second-order valence-corrected chi connectivity index (χ2v) is 6.29. The molecule has 6 heteroatoms. The molecule has 1 aromatic rings. The summed E-state index contributed by atoms with van der Waals surface area (Å²) < 4.78 is 42.0. The first-order valence-corrected chi connectivity index (χ1v) is 7.63. The summed E-state index contributed by atoms with van der Waals surface area (Å²) in [5.41, 5.74) is 2.11. The summed E-state index contributed by atoms with van der Waals surface area (Å²) in [6, 6.07) is 8.10. The molecule has 1 fully saturated rings. The molecule has 0 saturated carbocycles. The SMILES string of the molecule is CC(CC12CCc3ccccc3C1O2)OS(=O)(=O)[O-]. The van der Waals surface area contributed by atoms with E-state index in [1.807, 2.05) is 18.2 Å². The summed E-state index contributed by atoms with van der Waals surface area (Å²) in [7, 11) is -4.65. The number of benzene rings is 1. The maximum Gasteiger partial charge on any atom is 0.217 e. The second kappa shape index (κ2) is 4.28. The minimum absolute atomic E-state index is 0.0119. The van der Waals surface area contributed by atoms with Gasteiger partial charge < -0.3 is 9.29 Å². The van der Waals surface area contributed by atoms with Crippen molar-refractivity contribution in [1.29, 1.82) is 0 Å². The van der Waals surface area contributed by atoms with Crippen molar-refractivity contribution in [3.05, 3.63) is 35.4 Å². The molecule has 0 bridgehead atoms. The van der Waals surface area contributed by atoms with Gasteiger partial charge in [0.25, 0.3) is 0 Å². The second-order valence-electron chi connectivity index (χ2n) is 5.28. The number of epoxide rings is 1. The lowest BCUT2D eigenvalue weighted by molar-refractivity contribution is 0.143. The van der Waals surface area contributed by atoms with E-state index >= 15 is 0 Å². The van der Waals surface area contributed by atoms with E-state index in [1.54, 1.807) is 6.92 Å². The molecular formula is C13H15O5S-. The Kier molecular flexibility index (Phi) is 2.94. The Labute approximate surface area is 112 Å². The summed E-state index contributed by atoms with van der Waals surface area (Å²) in [5, 5.41) is 0. The van der Waals surface area contributed by atoms with Crippen molar-refractivity contribution >= 4 is 10.4 Å². The Hall–Kier alpha value is -0.950. The first-order valence-electron chi connectivity index (χ1n) is 6.29. The topological polar surface area (TPSA) is 79.0 Å². The molecule has 0 spiro atoms. The summed E-state index contributed by atoms with van der Waals surface area (Å²) in [5.74, 6) is 0. The zero-order chi connectivity index (χ0) is 13.7. The Bertz CT molecular complexity index is 597.